The maximum atomic E-state index is 9.00. The molecule has 0 bridgehead atoms. The van der Waals surface area contributed by atoms with Crippen LogP contribution < -0.4 is 5.32 Å². The van der Waals surface area contributed by atoms with E-state index >= 15 is 0 Å². The minimum Gasteiger partial charge on any atom is -0.481 e. The molecule has 0 unspecified atom stereocenters. The van der Waals surface area contributed by atoms with E-state index in [2.05, 4.69) is 5.32 Å². The van der Waals surface area contributed by atoms with Crippen LogP contribution in [-0.2, 0) is 24.3 Å². The average Bonchev–Trinajstić information content (AvgIpc) is 1.88. The molecule has 0 saturated heterocycles. The van der Waals surface area contributed by atoms with Crippen LogP contribution in [0.15, 0.2) is 0 Å². The zero-order valence-electron chi connectivity index (χ0n) is 7.29. The topological polar surface area (TPSA) is 89.8 Å². The minimum absolute atomic E-state index is 0. The van der Waals surface area contributed by atoms with Crippen LogP contribution in [0.5, 0.6) is 0 Å². The summed E-state index contributed by atoms with van der Waals surface area (Å²) >= 11 is 0. The van der Waals surface area contributed by atoms with Crippen molar-refractivity contribution in [2.45, 2.75) is 6.92 Å². The molecule has 70 valence electrons. The molecular formula is C6H15NO4Zn. The first-order chi connectivity index (χ1) is 5.15. The first-order valence-corrected chi connectivity index (χ1v) is 3.27. The standard InChI is InChI=1S/C4H11NO2.C2H4O2.Zn/c6-3-1-5-2-4-7;1-2(3)4;/h5-7H,1-4H2;1H3,(H,3,4);. The van der Waals surface area contributed by atoms with Crippen LogP contribution in [0.2, 0.25) is 0 Å². The molecule has 0 rings (SSSR count). The molecule has 4 N–H and O–H groups in total. The molecule has 0 atom stereocenters. The van der Waals surface area contributed by atoms with E-state index in [-0.39, 0.29) is 32.7 Å². The molecule has 0 fully saturated rings. The molecule has 0 aliphatic heterocycles. The van der Waals surface area contributed by atoms with Gasteiger partial charge in [0, 0.05) is 39.5 Å². The van der Waals surface area contributed by atoms with E-state index in [1.54, 1.807) is 0 Å². The molecule has 0 amide bonds. The number of carbonyl (C=O) groups is 1. The van der Waals surface area contributed by atoms with Gasteiger partial charge in [0.2, 0.25) is 0 Å². The normalized spacial score (nSPS) is 7.58. The van der Waals surface area contributed by atoms with Gasteiger partial charge in [-0.15, -0.1) is 0 Å². The molecule has 0 radical (unpaired) electrons. The van der Waals surface area contributed by atoms with Crippen molar-refractivity contribution in [3.05, 3.63) is 0 Å². The maximum Gasteiger partial charge on any atom is 0.300 e. The summed E-state index contributed by atoms with van der Waals surface area (Å²) in [6.07, 6.45) is 0. The van der Waals surface area contributed by atoms with Crippen LogP contribution in [-0.4, -0.2) is 47.6 Å². The van der Waals surface area contributed by atoms with Crippen molar-refractivity contribution in [3.8, 4) is 0 Å². The van der Waals surface area contributed by atoms with Crippen LogP contribution in [0.3, 0.4) is 0 Å². The van der Waals surface area contributed by atoms with Gasteiger partial charge in [-0.25, -0.2) is 0 Å². The summed E-state index contributed by atoms with van der Waals surface area (Å²) in [5.74, 6) is -0.833. The number of aliphatic hydroxyl groups is 2. The number of nitrogens with one attached hydrogen (secondary N) is 1. The van der Waals surface area contributed by atoms with Gasteiger partial charge in [-0.1, -0.05) is 0 Å². The quantitative estimate of drug-likeness (QED) is 0.354. The SMILES string of the molecule is CC(=O)O.OCCNCCO.[Zn]. The molecule has 5 nitrogen and oxygen atoms in total. The van der Waals surface area contributed by atoms with Crippen molar-refractivity contribution >= 4 is 5.97 Å². The molecular weight excluding hydrogens is 215 g/mol. The summed E-state index contributed by atoms with van der Waals surface area (Å²) in [6, 6.07) is 0. The number of carboxylic acid groups (broad SMARTS) is 1. The minimum atomic E-state index is -0.833. The zero-order chi connectivity index (χ0) is 9.11. The van der Waals surface area contributed by atoms with Crippen molar-refractivity contribution in [1.29, 1.82) is 0 Å². The van der Waals surface area contributed by atoms with Crippen molar-refractivity contribution in [2.75, 3.05) is 26.3 Å². The number of aliphatic hydroxyl groups excluding tert-OH is 2. The molecule has 0 heterocycles. The summed E-state index contributed by atoms with van der Waals surface area (Å²) in [7, 11) is 0. The monoisotopic (exact) mass is 229 g/mol. The number of rotatable bonds is 4. The molecule has 0 saturated carbocycles. The summed E-state index contributed by atoms with van der Waals surface area (Å²) in [4.78, 5) is 9.00. The predicted octanol–water partition coefficient (Wildman–Crippen LogP) is -1.35. The van der Waals surface area contributed by atoms with Gasteiger partial charge in [-0.05, 0) is 0 Å². The van der Waals surface area contributed by atoms with E-state index in [0.717, 1.165) is 6.92 Å². The van der Waals surface area contributed by atoms with Gasteiger partial charge in [0.25, 0.3) is 5.97 Å². The van der Waals surface area contributed by atoms with Crippen LogP contribution in [0.1, 0.15) is 6.92 Å². The third kappa shape index (κ3) is 50.9. The smallest absolute Gasteiger partial charge is 0.300 e. The number of aliphatic carboxylic acids is 1. The zero-order valence-corrected chi connectivity index (χ0v) is 10.3. The second-order valence-electron chi connectivity index (χ2n) is 1.72. The molecule has 0 aliphatic rings. The molecule has 0 aliphatic carbocycles. The van der Waals surface area contributed by atoms with Crippen LogP contribution in [0.25, 0.3) is 0 Å². The summed E-state index contributed by atoms with van der Waals surface area (Å²) in [6.45, 7) is 2.50. The van der Waals surface area contributed by atoms with Gasteiger partial charge in [0.15, 0.2) is 0 Å². The maximum absolute atomic E-state index is 9.00. The third-order valence-corrected chi connectivity index (χ3v) is 0.577. The van der Waals surface area contributed by atoms with E-state index in [4.69, 9.17) is 20.1 Å². The van der Waals surface area contributed by atoms with Crippen molar-refractivity contribution in [3.63, 3.8) is 0 Å². The van der Waals surface area contributed by atoms with Crippen molar-refractivity contribution in [1.82, 2.24) is 5.32 Å². The fourth-order valence-corrected chi connectivity index (χ4v) is 0.283. The molecule has 12 heavy (non-hydrogen) atoms. The van der Waals surface area contributed by atoms with Crippen molar-refractivity contribution in [2.24, 2.45) is 0 Å². The van der Waals surface area contributed by atoms with Gasteiger partial charge in [0.1, 0.15) is 0 Å². The average molecular weight is 231 g/mol. The Labute approximate surface area is 84.5 Å². The third-order valence-electron chi connectivity index (χ3n) is 0.577. The molecule has 6 heteroatoms. The fraction of sp³-hybridized carbons (Fsp3) is 0.833. The van der Waals surface area contributed by atoms with Gasteiger partial charge in [0.05, 0.1) is 13.2 Å². The van der Waals surface area contributed by atoms with Gasteiger partial charge < -0.3 is 20.6 Å². The van der Waals surface area contributed by atoms with Gasteiger partial charge in [-0.2, -0.15) is 0 Å². The van der Waals surface area contributed by atoms with Crippen LogP contribution >= 0.6 is 0 Å². The van der Waals surface area contributed by atoms with E-state index in [0.29, 0.717) is 13.1 Å². The Morgan fingerprint density at radius 3 is 1.67 bits per heavy atom. The number of carboxylic acids is 1. The predicted molar refractivity (Wildman–Crippen MR) is 40.4 cm³/mol. The molecule has 0 spiro atoms. The second-order valence-corrected chi connectivity index (χ2v) is 1.72. The molecule has 0 aromatic carbocycles. The van der Waals surface area contributed by atoms with Crippen LogP contribution in [0.4, 0.5) is 0 Å². The Kier molecular flexibility index (Phi) is 25.6. The first-order valence-electron chi connectivity index (χ1n) is 3.27. The fourth-order valence-electron chi connectivity index (χ4n) is 0.283. The van der Waals surface area contributed by atoms with Crippen molar-refractivity contribution < 1.29 is 39.6 Å². The van der Waals surface area contributed by atoms with E-state index < -0.39 is 5.97 Å². The largest absolute Gasteiger partial charge is 0.481 e. The second kappa shape index (κ2) is 17.2. The Morgan fingerprint density at radius 2 is 1.50 bits per heavy atom. The van der Waals surface area contributed by atoms with Gasteiger partial charge in [-0.3, -0.25) is 4.79 Å². The molecule has 0 aromatic heterocycles. The van der Waals surface area contributed by atoms with E-state index in [9.17, 15) is 0 Å². The number of hydrogen-bond donors (Lipinski definition) is 4. The Balaban J connectivity index is -0.000000142. The first kappa shape index (κ1) is 17.9. The number of hydrogen-bond acceptors (Lipinski definition) is 4. The summed E-state index contributed by atoms with van der Waals surface area (Å²) in [5, 5.41) is 26.5. The summed E-state index contributed by atoms with van der Waals surface area (Å²) in [5.41, 5.74) is 0. The summed E-state index contributed by atoms with van der Waals surface area (Å²) < 4.78 is 0. The van der Waals surface area contributed by atoms with E-state index in [1.807, 2.05) is 0 Å². The van der Waals surface area contributed by atoms with E-state index in [1.165, 1.54) is 0 Å². The molecule has 0 aromatic rings. The Morgan fingerprint density at radius 1 is 1.25 bits per heavy atom. The van der Waals surface area contributed by atoms with Crippen LogP contribution in [0, 0.1) is 0 Å². The van der Waals surface area contributed by atoms with Gasteiger partial charge >= 0.3 is 0 Å². The Hall–Kier alpha value is -0.0266. The Bertz CT molecular complexity index is 83.6.